The molecule has 0 saturated heterocycles. The van der Waals surface area contributed by atoms with E-state index >= 15 is 0 Å². The highest BCUT2D eigenvalue weighted by molar-refractivity contribution is 9.10. The first-order valence-corrected chi connectivity index (χ1v) is 7.84. The lowest BCUT2D eigenvalue weighted by Gasteiger charge is -2.23. The Hall–Kier alpha value is -1.62. The Morgan fingerprint density at radius 3 is 2.57 bits per heavy atom. The van der Waals surface area contributed by atoms with Gasteiger partial charge in [-0.2, -0.15) is 4.98 Å². The zero-order valence-corrected chi connectivity index (χ0v) is 14.5. The van der Waals surface area contributed by atoms with Gasteiger partial charge < -0.3 is 10.6 Å². The molecule has 2 N–H and O–H groups in total. The van der Waals surface area contributed by atoms with E-state index in [2.05, 4.69) is 75.5 Å². The molecular formula is C16H21BrN4. The van der Waals surface area contributed by atoms with Gasteiger partial charge in [-0.15, -0.1) is 0 Å². The van der Waals surface area contributed by atoms with Crippen molar-refractivity contribution in [3.05, 3.63) is 40.5 Å². The van der Waals surface area contributed by atoms with Gasteiger partial charge in [0.2, 0.25) is 5.95 Å². The molecule has 1 heterocycles. The molecule has 1 aromatic heterocycles. The van der Waals surface area contributed by atoms with Crippen LogP contribution in [0.3, 0.4) is 0 Å². The molecule has 2 aromatic rings. The summed E-state index contributed by atoms with van der Waals surface area (Å²) < 4.78 is 0.841. The molecule has 5 heteroatoms. The van der Waals surface area contributed by atoms with Gasteiger partial charge in [-0.1, -0.05) is 39.0 Å². The molecule has 0 unspecified atom stereocenters. The summed E-state index contributed by atoms with van der Waals surface area (Å²) in [6, 6.07) is 8.30. The van der Waals surface area contributed by atoms with Crippen molar-refractivity contribution < 1.29 is 0 Å². The van der Waals surface area contributed by atoms with Gasteiger partial charge in [0.25, 0.3) is 0 Å². The van der Waals surface area contributed by atoms with E-state index in [-0.39, 0.29) is 5.41 Å². The summed E-state index contributed by atoms with van der Waals surface area (Å²) in [5, 5.41) is 6.53. The third-order valence-electron chi connectivity index (χ3n) is 3.07. The van der Waals surface area contributed by atoms with Crippen LogP contribution in [0.4, 0.5) is 17.5 Å². The number of benzene rings is 1. The van der Waals surface area contributed by atoms with Crippen molar-refractivity contribution in [2.24, 2.45) is 0 Å². The summed E-state index contributed by atoms with van der Waals surface area (Å²) in [6.07, 6.45) is 1.76. The van der Waals surface area contributed by atoms with Gasteiger partial charge in [0.15, 0.2) is 0 Å². The summed E-state index contributed by atoms with van der Waals surface area (Å²) in [5.74, 6) is 1.38. The Bertz CT molecular complexity index is 620. The number of hydrogen-bond donors (Lipinski definition) is 2. The zero-order chi connectivity index (χ0) is 15.5. The minimum Gasteiger partial charge on any atom is -0.354 e. The highest BCUT2D eigenvalue weighted by atomic mass is 79.9. The predicted octanol–water partition coefficient (Wildman–Crippen LogP) is 4.71. The smallest absolute Gasteiger partial charge is 0.224 e. The van der Waals surface area contributed by atoms with E-state index in [1.165, 1.54) is 5.56 Å². The van der Waals surface area contributed by atoms with Gasteiger partial charge in [-0.25, -0.2) is 4.98 Å². The number of nitrogens with zero attached hydrogens (tertiary/aromatic N) is 2. The quantitative estimate of drug-likeness (QED) is 0.839. The van der Waals surface area contributed by atoms with Gasteiger partial charge in [-0.3, -0.25) is 0 Å². The first-order chi connectivity index (χ1) is 9.91. The lowest BCUT2D eigenvalue weighted by atomic mass is 9.86. The van der Waals surface area contributed by atoms with Crippen LogP contribution in [0, 0.1) is 0 Å². The number of hydrogen-bond acceptors (Lipinski definition) is 4. The summed E-state index contributed by atoms with van der Waals surface area (Å²) in [6.45, 7) is 9.42. The van der Waals surface area contributed by atoms with E-state index < -0.39 is 0 Å². The second kappa shape index (κ2) is 6.43. The van der Waals surface area contributed by atoms with Gasteiger partial charge in [0.1, 0.15) is 5.82 Å². The first kappa shape index (κ1) is 15.8. The number of rotatable bonds is 4. The van der Waals surface area contributed by atoms with Gasteiger partial charge in [0.05, 0.1) is 4.47 Å². The highest BCUT2D eigenvalue weighted by Crippen LogP contribution is 2.32. The second-order valence-electron chi connectivity index (χ2n) is 5.84. The molecule has 0 amide bonds. The maximum Gasteiger partial charge on any atom is 0.224 e. The Kier molecular flexibility index (Phi) is 4.83. The number of halogens is 1. The summed E-state index contributed by atoms with van der Waals surface area (Å²) in [4.78, 5) is 8.73. The lowest BCUT2D eigenvalue weighted by Crippen LogP contribution is -2.14. The van der Waals surface area contributed by atoms with E-state index in [1.54, 1.807) is 6.20 Å². The van der Waals surface area contributed by atoms with Crippen molar-refractivity contribution in [3.8, 4) is 0 Å². The molecule has 0 aliphatic carbocycles. The molecule has 1 aromatic carbocycles. The van der Waals surface area contributed by atoms with Gasteiger partial charge in [0, 0.05) is 18.4 Å². The molecule has 0 spiro atoms. The van der Waals surface area contributed by atoms with Crippen LogP contribution < -0.4 is 10.6 Å². The SMILES string of the molecule is CCNc1ncc(Br)c(Nc2ccccc2C(C)(C)C)n1. The Labute approximate surface area is 134 Å². The normalized spacial score (nSPS) is 11.3. The van der Waals surface area contributed by atoms with Crippen molar-refractivity contribution in [2.75, 3.05) is 17.2 Å². The summed E-state index contributed by atoms with van der Waals surface area (Å²) >= 11 is 3.50. The van der Waals surface area contributed by atoms with Crippen LogP contribution in [-0.4, -0.2) is 16.5 Å². The molecule has 21 heavy (non-hydrogen) atoms. The molecule has 112 valence electrons. The topological polar surface area (TPSA) is 49.8 Å². The number of aromatic nitrogens is 2. The van der Waals surface area contributed by atoms with Crippen LogP contribution in [0.15, 0.2) is 34.9 Å². The van der Waals surface area contributed by atoms with Crippen LogP contribution in [0.5, 0.6) is 0 Å². The third kappa shape index (κ3) is 3.94. The number of para-hydroxylation sites is 1. The Morgan fingerprint density at radius 2 is 1.90 bits per heavy atom. The monoisotopic (exact) mass is 348 g/mol. The summed E-state index contributed by atoms with van der Waals surface area (Å²) in [5.41, 5.74) is 2.38. The molecule has 0 bridgehead atoms. The van der Waals surface area contributed by atoms with Crippen LogP contribution in [0.25, 0.3) is 0 Å². The first-order valence-electron chi connectivity index (χ1n) is 7.04. The average molecular weight is 349 g/mol. The fourth-order valence-corrected chi connectivity index (χ4v) is 2.36. The van der Waals surface area contributed by atoms with Crippen LogP contribution in [-0.2, 0) is 5.41 Å². The fraction of sp³-hybridized carbons (Fsp3) is 0.375. The number of nitrogens with one attached hydrogen (secondary N) is 2. The van der Waals surface area contributed by atoms with Gasteiger partial charge in [-0.05, 0) is 39.9 Å². The van der Waals surface area contributed by atoms with Crippen molar-refractivity contribution >= 4 is 33.4 Å². The maximum atomic E-state index is 4.50. The lowest BCUT2D eigenvalue weighted by molar-refractivity contribution is 0.592. The van der Waals surface area contributed by atoms with Crippen molar-refractivity contribution in [1.82, 2.24) is 9.97 Å². The van der Waals surface area contributed by atoms with Crippen LogP contribution in [0.1, 0.15) is 33.3 Å². The van der Waals surface area contributed by atoms with E-state index in [0.29, 0.717) is 5.95 Å². The summed E-state index contributed by atoms with van der Waals surface area (Å²) in [7, 11) is 0. The maximum absolute atomic E-state index is 4.50. The second-order valence-corrected chi connectivity index (χ2v) is 6.70. The van der Waals surface area contributed by atoms with E-state index in [1.807, 2.05) is 13.0 Å². The average Bonchev–Trinajstić information content (AvgIpc) is 2.42. The Balaban J connectivity index is 2.36. The van der Waals surface area contributed by atoms with Gasteiger partial charge >= 0.3 is 0 Å². The minimum atomic E-state index is 0.0631. The molecule has 0 aliphatic rings. The van der Waals surface area contributed by atoms with E-state index in [4.69, 9.17) is 0 Å². The molecule has 0 saturated carbocycles. The number of anilines is 3. The van der Waals surface area contributed by atoms with Crippen LogP contribution in [0.2, 0.25) is 0 Å². The molecule has 0 aliphatic heterocycles. The van der Waals surface area contributed by atoms with Crippen molar-refractivity contribution in [1.29, 1.82) is 0 Å². The molecule has 0 fully saturated rings. The predicted molar refractivity (Wildman–Crippen MR) is 92.3 cm³/mol. The molecule has 2 rings (SSSR count). The fourth-order valence-electron chi connectivity index (χ4n) is 2.07. The van der Waals surface area contributed by atoms with E-state index in [9.17, 15) is 0 Å². The van der Waals surface area contributed by atoms with Crippen molar-refractivity contribution in [2.45, 2.75) is 33.1 Å². The molecule has 0 atom stereocenters. The Morgan fingerprint density at radius 1 is 1.19 bits per heavy atom. The molecular weight excluding hydrogens is 328 g/mol. The minimum absolute atomic E-state index is 0.0631. The largest absolute Gasteiger partial charge is 0.354 e. The highest BCUT2D eigenvalue weighted by Gasteiger charge is 2.18. The molecule has 0 radical (unpaired) electrons. The third-order valence-corrected chi connectivity index (χ3v) is 3.65. The standard InChI is InChI=1S/C16H21BrN4/c1-5-18-15-19-10-12(17)14(21-15)20-13-9-7-6-8-11(13)16(2,3)4/h6-10H,5H2,1-4H3,(H2,18,19,20,21). The zero-order valence-electron chi connectivity index (χ0n) is 12.9. The van der Waals surface area contributed by atoms with E-state index in [0.717, 1.165) is 22.5 Å². The molecule has 4 nitrogen and oxygen atoms in total. The van der Waals surface area contributed by atoms with Crippen molar-refractivity contribution in [3.63, 3.8) is 0 Å². The van der Waals surface area contributed by atoms with Crippen LogP contribution >= 0.6 is 15.9 Å².